The first-order valence-corrected chi connectivity index (χ1v) is 10.6. The summed E-state index contributed by atoms with van der Waals surface area (Å²) in [6.45, 7) is 10.9. The maximum Gasteiger partial charge on any atom is 0.312 e. The van der Waals surface area contributed by atoms with E-state index in [1.165, 1.54) is 0 Å². The smallest absolute Gasteiger partial charge is 0.312 e. The zero-order chi connectivity index (χ0) is 19.0. The fourth-order valence-electron chi connectivity index (χ4n) is 4.50. The Hall–Kier alpha value is -1.16. The van der Waals surface area contributed by atoms with E-state index in [4.69, 9.17) is 4.74 Å². The summed E-state index contributed by atoms with van der Waals surface area (Å²) in [6.07, 6.45) is 11.3. The Balaban J connectivity index is 1.77. The number of carbonyl (C=O) groups is 2. The molecule has 1 saturated heterocycles. The number of cyclic esters (lactones) is 1. The summed E-state index contributed by atoms with van der Waals surface area (Å²) in [5, 5.41) is 0. The molecule has 1 spiro atoms. The van der Waals surface area contributed by atoms with Crippen LogP contribution in [0.3, 0.4) is 0 Å². The molecule has 0 N–H and O–H groups in total. The minimum atomic E-state index is -0.228. The van der Waals surface area contributed by atoms with Gasteiger partial charge in [-0.05, 0) is 57.4 Å². The fourth-order valence-corrected chi connectivity index (χ4v) is 4.50. The number of esters is 1. The molecule has 1 aliphatic carbocycles. The lowest BCUT2D eigenvalue weighted by molar-refractivity contribution is -0.150. The van der Waals surface area contributed by atoms with Gasteiger partial charge >= 0.3 is 5.97 Å². The van der Waals surface area contributed by atoms with E-state index in [0.29, 0.717) is 24.5 Å². The van der Waals surface area contributed by atoms with E-state index in [2.05, 4.69) is 18.4 Å². The van der Waals surface area contributed by atoms with Crippen molar-refractivity contribution in [3.8, 4) is 0 Å². The molecular weight excluding hydrogens is 326 g/mol. The van der Waals surface area contributed by atoms with Crippen LogP contribution in [0.1, 0.15) is 78.1 Å². The van der Waals surface area contributed by atoms with E-state index in [9.17, 15) is 9.59 Å². The highest BCUT2D eigenvalue weighted by atomic mass is 16.6. The summed E-state index contributed by atoms with van der Waals surface area (Å²) < 4.78 is 5.76. The van der Waals surface area contributed by atoms with Crippen molar-refractivity contribution in [1.82, 2.24) is 4.90 Å². The number of carbonyl (C=O) groups excluding carboxylic acids is 2. The van der Waals surface area contributed by atoms with Gasteiger partial charge in [0.15, 0.2) is 0 Å². The summed E-state index contributed by atoms with van der Waals surface area (Å²) in [4.78, 5) is 26.5. The van der Waals surface area contributed by atoms with Crippen LogP contribution in [0.25, 0.3) is 0 Å². The molecule has 0 aromatic carbocycles. The second-order valence-electron chi connectivity index (χ2n) is 8.19. The number of hydrogen-bond donors (Lipinski definition) is 0. The van der Waals surface area contributed by atoms with Crippen LogP contribution in [0.2, 0.25) is 0 Å². The van der Waals surface area contributed by atoms with Gasteiger partial charge < -0.3 is 9.64 Å². The second-order valence-corrected chi connectivity index (χ2v) is 8.19. The third-order valence-corrected chi connectivity index (χ3v) is 6.48. The van der Waals surface area contributed by atoms with Crippen LogP contribution in [0.5, 0.6) is 0 Å². The molecule has 1 atom stereocenters. The number of ether oxygens (including phenoxy) is 1. The van der Waals surface area contributed by atoms with Crippen molar-refractivity contribution in [2.45, 2.75) is 84.2 Å². The summed E-state index contributed by atoms with van der Waals surface area (Å²) >= 11 is 0. The minimum absolute atomic E-state index is 0.0414. The van der Waals surface area contributed by atoms with Crippen LogP contribution in [-0.4, -0.2) is 42.4 Å². The number of ketones is 1. The van der Waals surface area contributed by atoms with Gasteiger partial charge in [-0.3, -0.25) is 9.59 Å². The first-order valence-electron chi connectivity index (χ1n) is 10.6. The molecule has 4 heteroatoms. The monoisotopic (exact) mass is 363 g/mol. The lowest BCUT2D eigenvalue weighted by atomic mass is 9.68. The van der Waals surface area contributed by atoms with Crippen molar-refractivity contribution in [3.63, 3.8) is 0 Å². The molecule has 148 valence electrons. The van der Waals surface area contributed by atoms with Crippen molar-refractivity contribution < 1.29 is 14.3 Å². The van der Waals surface area contributed by atoms with Crippen molar-refractivity contribution in [2.24, 2.45) is 11.3 Å². The zero-order valence-electron chi connectivity index (χ0n) is 16.8. The molecule has 0 bridgehead atoms. The van der Waals surface area contributed by atoms with Crippen molar-refractivity contribution >= 4 is 11.8 Å². The lowest BCUT2D eigenvalue weighted by Crippen LogP contribution is -2.32. The standard InChI is InChI=1S/C22H37NO3/c1-4-7-15-23(6-3)16-12-20-17-22(21(25)26-20)13-10-18(11-14-22)8-9-19(24)5-2/h4,18,20H,1,5-17H2,2-3H3/t18?,20-,22?/m0/s1. The molecule has 2 aliphatic rings. The van der Waals surface area contributed by atoms with E-state index in [1.54, 1.807) is 0 Å². The van der Waals surface area contributed by atoms with Gasteiger partial charge in [0.1, 0.15) is 11.9 Å². The highest BCUT2D eigenvalue weighted by molar-refractivity contribution is 5.79. The third-order valence-electron chi connectivity index (χ3n) is 6.48. The summed E-state index contributed by atoms with van der Waals surface area (Å²) in [5.74, 6) is 1.01. The number of nitrogens with zero attached hydrogens (tertiary/aromatic N) is 1. The Morgan fingerprint density at radius 2 is 2.00 bits per heavy atom. The molecule has 0 unspecified atom stereocenters. The Bertz CT molecular complexity index is 480. The zero-order valence-corrected chi connectivity index (χ0v) is 16.8. The second kappa shape index (κ2) is 10.2. The molecule has 26 heavy (non-hydrogen) atoms. The fraction of sp³-hybridized carbons (Fsp3) is 0.818. The molecule has 1 aliphatic heterocycles. The first-order chi connectivity index (χ1) is 12.5. The molecular formula is C22H37NO3. The molecule has 0 aromatic heterocycles. The largest absolute Gasteiger partial charge is 0.462 e. The maximum absolute atomic E-state index is 12.6. The molecule has 1 saturated carbocycles. The predicted octanol–water partition coefficient (Wildman–Crippen LogP) is 4.53. The first kappa shape index (κ1) is 21.1. The average Bonchev–Trinajstić information content (AvgIpc) is 2.96. The molecule has 2 rings (SSSR count). The Kier molecular flexibility index (Phi) is 8.33. The van der Waals surface area contributed by atoms with Gasteiger partial charge in [0.2, 0.25) is 0 Å². The molecule has 2 fully saturated rings. The van der Waals surface area contributed by atoms with E-state index in [-0.39, 0.29) is 17.5 Å². The van der Waals surface area contributed by atoms with Crippen molar-refractivity contribution in [1.29, 1.82) is 0 Å². The average molecular weight is 364 g/mol. The molecule has 0 radical (unpaired) electrons. The van der Waals surface area contributed by atoms with Crippen LogP contribution in [0.4, 0.5) is 0 Å². The van der Waals surface area contributed by atoms with Gasteiger partial charge in [0.25, 0.3) is 0 Å². The Morgan fingerprint density at radius 3 is 2.62 bits per heavy atom. The molecule has 1 heterocycles. The summed E-state index contributed by atoms with van der Waals surface area (Å²) in [5.41, 5.74) is -0.228. The van der Waals surface area contributed by atoms with Crippen LogP contribution < -0.4 is 0 Å². The van der Waals surface area contributed by atoms with E-state index < -0.39 is 0 Å². The van der Waals surface area contributed by atoms with Crippen molar-refractivity contribution in [2.75, 3.05) is 19.6 Å². The van der Waals surface area contributed by atoms with Crippen LogP contribution in [0.15, 0.2) is 12.7 Å². The third kappa shape index (κ3) is 5.67. The SMILES string of the molecule is C=CCCN(CC)CC[C@H]1CC2(CCC(CCC(=O)CC)CC2)C(=O)O1. The summed E-state index contributed by atoms with van der Waals surface area (Å²) in [7, 11) is 0. The van der Waals surface area contributed by atoms with E-state index >= 15 is 0 Å². The van der Waals surface area contributed by atoms with Gasteiger partial charge in [-0.2, -0.15) is 0 Å². The van der Waals surface area contributed by atoms with Gasteiger partial charge in [0, 0.05) is 32.4 Å². The normalized spacial score (nSPS) is 28.5. The Labute approximate surface area is 159 Å². The highest BCUT2D eigenvalue weighted by Crippen LogP contribution is 2.48. The molecule has 0 amide bonds. The number of Topliss-reactive ketones (excluding diaryl/α,β-unsaturated/α-hetero) is 1. The van der Waals surface area contributed by atoms with Gasteiger partial charge in [0.05, 0.1) is 5.41 Å². The molecule has 4 nitrogen and oxygen atoms in total. The van der Waals surface area contributed by atoms with Crippen LogP contribution in [0, 0.1) is 11.3 Å². The van der Waals surface area contributed by atoms with Crippen molar-refractivity contribution in [3.05, 3.63) is 12.7 Å². The quantitative estimate of drug-likeness (QED) is 0.400. The predicted molar refractivity (Wildman–Crippen MR) is 105 cm³/mol. The summed E-state index contributed by atoms with van der Waals surface area (Å²) in [6, 6.07) is 0. The van der Waals surface area contributed by atoms with Gasteiger partial charge in [-0.15, -0.1) is 6.58 Å². The van der Waals surface area contributed by atoms with Crippen LogP contribution in [-0.2, 0) is 14.3 Å². The minimum Gasteiger partial charge on any atom is -0.462 e. The topological polar surface area (TPSA) is 46.6 Å². The highest BCUT2D eigenvalue weighted by Gasteiger charge is 2.50. The van der Waals surface area contributed by atoms with E-state index in [0.717, 1.165) is 71.0 Å². The maximum atomic E-state index is 12.6. The number of hydrogen-bond acceptors (Lipinski definition) is 4. The number of rotatable bonds is 11. The van der Waals surface area contributed by atoms with Gasteiger partial charge in [-0.25, -0.2) is 0 Å². The molecule has 0 aromatic rings. The van der Waals surface area contributed by atoms with Gasteiger partial charge in [-0.1, -0.05) is 19.9 Å². The van der Waals surface area contributed by atoms with Crippen LogP contribution >= 0.6 is 0 Å². The Morgan fingerprint density at radius 1 is 1.27 bits per heavy atom. The van der Waals surface area contributed by atoms with E-state index in [1.807, 2.05) is 13.0 Å². The lowest BCUT2D eigenvalue weighted by Gasteiger charge is -2.34.